The first-order valence-electron chi connectivity index (χ1n) is 8.39. The molecule has 1 aliphatic heterocycles. The van der Waals surface area contributed by atoms with Crippen molar-refractivity contribution in [3.05, 3.63) is 40.1 Å². The minimum absolute atomic E-state index is 0.0922. The summed E-state index contributed by atoms with van der Waals surface area (Å²) >= 11 is 0. The zero-order valence-electron chi connectivity index (χ0n) is 13.6. The topological polar surface area (TPSA) is 90.0 Å². The molecule has 2 fully saturated rings. The smallest absolute Gasteiger partial charge is 0.311 e. The summed E-state index contributed by atoms with van der Waals surface area (Å²) in [6.45, 7) is 3.32. The number of hydrogen-bond acceptors (Lipinski definition) is 6. The first kappa shape index (κ1) is 15.0. The van der Waals surface area contributed by atoms with Gasteiger partial charge >= 0.3 is 5.69 Å². The monoisotopic (exact) mass is 328 g/mol. The van der Waals surface area contributed by atoms with Crippen LogP contribution in [0.4, 0.5) is 11.5 Å². The molecule has 1 saturated heterocycles. The lowest BCUT2D eigenvalue weighted by Crippen LogP contribution is -2.34. The molecule has 0 spiro atoms. The number of aromatic nitrogens is 4. The highest BCUT2D eigenvalue weighted by Crippen LogP contribution is 2.39. The Morgan fingerprint density at radius 1 is 1.25 bits per heavy atom. The van der Waals surface area contributed by atoms with Crippen molar-refractivity contribution in [2.24, 2.45) is 0 Å². The second kappa shape index (κ2) is 5.85. The lowest BCUT2D eigenvalue weighted by Gasteiger charge is -2.32. The van der Waals surface area contributed by atoms with E-state index in [-0.39, 0.29) is 10.6 Å². The zero-order valence-corrected chi connectivity index (χ0v) is 13.6. The van der Waals surface area contributed by atoms with Gasteiger partial charge in [-0.1, -0.05) is 0 Å². The fraction of sp³-hybridized carbons (Fsp3) is 0.562. The summed E-state index contributed by atoms with van der Waals surface area (Å²) < 4.78 is 2.22. The van der Waals surface area contributed by atoms with Gasteiger partial charge in [0, 0.05) is 37.3 Å². The molecule has 126 valence electrons. The lowest BCUT2D eigenvalue weighted by atomic mass is 9.95. The molecule has 0 aromatic carbocycles. The van der Waals surface area contributed by atoms with E-state index in [1.807, 2.05) is 18.2 Å². The molecular weight excluding hydrogens is 308 g/mol. The standard InChI is InChI=1S/C16H20N6O2/c1-11-8-14(22(23)24)16(17-9-11)20-6-4-12(5-7-20)15-19-18-10-21(15)13-2-3-13/h8-10,12-13H,2-7H2,1H3. The van der Waals surface area contributed by atoms with Gasteiger partial charge in [-0.3, -0.25) is 10.1 Å². The van der Waals surface area contributed by atoms with E-state index in [1.165, 1.54) is 12.8 Å². The van der Waals surface area contributed by atoms with Crippen LogP contribution in [-0.4, -0.2) is 37.8 Å². The Morgan fingerprint density at radius 3 is 2.67 bits per heavy atom. The van der Waals surface area contributed by atoms with Crippen molar-refractivity contribution in [3.63, 3.8) is 0 Å². The van der Waals surface area contributed by atoms with Gasteiger partial charge in [0.15, 0.2) is 0 Å². The normalized spacial score (nSPS) is 18.8. The summed E-state index contributed by atoms with van der Waals surface area (Å²) in [6, 6.07) is 2.17. The van der Waals surface area contributed by atoms with Gasteiger partial charge in [0.05, 0.1) is 4.92 Å². The molecule has 1 aliphatic carbocycles. The maximum absolute atomic E-state index is 11.3. The van der Waals surface area contributed by atoms with Gasteiger partial charge in [-0.15, -0.1) is 10.2 Å². The van der Waals surface area contributed by atoms with Crippen LogP contribution in [0.5, 0.6) is 0 Å². The van der Waals surface area contributed by atoms with Gasteiger partial charge in [0.1, 0.15) is 12.2 Å². The van der Waals surface area contributed by atoms with E-state index < -0.39 is 0 Å². The number of piperidine rings is 1. The second-order valence-corrected chi connectivity index (χ2v) is 6.70. The van der Waals surface area contributed by atoms with Crippen molar-refractivity contribution in [2.45, 2.75) is 44.6 Å². The molecule has 2 aromatic rings. The molecule has 2 aliphatic rings. The van der Waals surface area contributed by atoms with Crippen LogP contribution in [0.25, 0.3) is 0 Å². The minimum Gasteiger partial charge on any atom is -0.351 e. The third-order valence-electron chi connectivity index (χ3n) is 4.88. The molecule has 8 nitrogen and oxygen atoms in total. The summed E-state index contributed by atoms with van der Waals surface area (Å²) in [7, 11) is 0. The summed E-state index contributed by atoms with van der Waals surface area (Å²) in [5.41, 5.74) is 0.896. The highest BCUT2D eigenvalue weighted by molar-refractivity contribution is 5.58. The van der Waals surface area contributed by atoms with Crippen molar-refractivity contribution in [2.75, 3.05) is 18.0 Å². The van der Waals surface area contributed by atoms with E-state index in [4.69, 9.17) is 0 Å². The highest BCUT2D eigenvalue weighted by atomic mass is 16.6. The Morgan fingerprint density at radius 2 is 2.00 bits per heavy atom. The number of aryl methyl sites for hydroxylation is 1. The molecule has 0 N–H and O–H groups in total. The van der Waals surface area contributed by atoms with Gasteiger partial charge < -0.3 is 9.47 Å². The minimum atomic E-state index is -0.342. The molecule has 0 bridgehead atoms. The van der Waals surface area contributed by atoms with E-state index in [0.717, 1.165) is 37.3 Å². The Balaban J connectivity index is 1.50. The SMILES string of the molecule is Cc1cnc(N2CCC(c3nncn3C3CC3)CC2)c([N+](=O)[O-])c1. The maximum atomic E-state index is 11.3. The number of pyridine rings is 1. The Kier molecular flexibility index (Phi) is 3.66. The van der Waals surface area contributed by atoms with Crippen LogP contribution in [-0.2, 0) is 0 Å². The van der Waals surface area contributed by atoms with E-state index in [2.05, 4.69) is 19.7 Å². The fourth-order valence-corrected chi connectivity index (χ4v) is 3.45. The van der Waals surface area contributed by atoms with Gasteiger partial charge in [-0.05, 0) is 38.2 Å². The fourth-order valence-electron chi connectivity index (χ4n) is 3.45. The van der Waals surface area contributed by atoms with Gasteiger partial charge in [-0.2, -0.15) is 0 Å². The average Bonchev–Trinajstić information content (AvgIpc) is 3.32. The largest absolute Gasteiger partial charge is 0.351 e. The first-order valence-corrected chi connectivity index (χ1v) is 8.39. The second-order valence-electron chi connectivity index (χ2n) is 6.70. The number of nitrogens with zero attached hydrogens (tertiary/aromatic N) is 6. The third-order valence-corrected chi connectivity index (χ3v) is 4.88. The van der Waals surface area contributed by atoms with Crippen molar-refractivity contribution >= 4 is 11.5 Å². The van der Waals surface area contributed by atoms with E-state index >= 15 is 0 Å². The zero-order chi connectivity index (χ0) is 16.7. The molecule has 3 heterocycles. The predicted molar refractivity (Wildman–Crippen MR) is 88.1 cm³/mol. The number of nitro groups is 1. The summed E-state index contributed by atoms with van der Waals surface area (Å²) in [4.78, 5) is 17.3. The highest BCUT2D eigenvalue weighted by Gasteiger charge is 2.32. The Labute approximate surface area is 139 Å². The van der Waals surface area contributed by atoms with Crippen molar-refractivity contribution < 1.29 is 4.92 Å². The number of hydrogen-bond donors (Lipinski definition) is 0. The van der Waals surface area contributed by atoms with Crippen LogP contribution < -0.4 is 4.90 Å². The molecule has 2 aromatic heterocycles. The molecule has 0 radical (unpaired) electrons. The van der Waals surface area contributed by atoms with Crippen LogP contribution in [0.2, 0.25) is 0 Å². The summed E-state index contributed by atoms with van der Waals surface area (Å²) in [5, 5.41) is 19.7. The van der Waals surface area contributed by atoms with Crippen molar-refractivity contribution in [1.29, 1.82) is 0 Å². The Hall–Kier alpha value is -2.51. The van der Waals surface area contributed by atoms with Crippen LogP contribution >= 0.6 is 0 Å². The molecule has 0 unspecified atom stereocenters. The van der Waals surface area contributed by atoms with Crippen LogP contribution in [0.15, 0.2) is 18.6 Å². The molecule has 0 atom stereocenters. The number of anilines is 1. The third kappa shape index (κ3) is 2.72. The van der Waals surface area contributed by atoms with Crippen LogP contribution in [0.1, 0.15) is 49.0 Å². The van der Waals surface area contributed by atoms with Crippen molar-refractivity contribution in [3.8, 4) is 0 Å². The predicted octanol–water partition coefficient (Wildman–Crippen LogP) is 2.61. The molecular formula is C16H20N6O2. The van der Waals surface area contributed by atoms with Crippen LogP contribution in [0.3, 0.4) is 0 Å². The molecule has 8 heteroatoms. The van der Waals surface area contributed by atoms with Crippen molar-refractivity contribution in [1.82, 2.24) is 19.7 Å². The van der Waals surface area contributed by atoms with E-state index in [0.29, 0.717) is 17.8 Å². The van der Waals surface area contributed by atoms with Gasteiger partial charge in [-0.25, -0.2) is 4.98 Å². The molecule has 0 amide bonds. The van der Waals surface area contributed by atoms with E-state index in [9.17, 15) is 10.1 Å². The van der Waals surface area contributed by atoms with E-state index in [1.54, 1.807) is 12.3 Å². The molecule has 1 saturated carbocycles. The maximum Gasteiger partial charge on any atom is 0.311 e. The Bertz CT molecular complexity index is 762. The van der Waals surface area contributed by atoms with Gasteiger partial charge in [0.2, 0.25) is 5.82 Å². The number of rotatable bonds is 4. The molecule has 24 heavy (non-hydrogen) atoms. The summed E-state index contributed by atoms with van der Waals surface area (Å²) in [6.07, 6.45) is 7.78. The summed E-state index contributed by atoms with van der Waals surface area (Å²) in [5.74, 6) is 1.92. The average molecular weight is 328 g/mol. The van der Waals surface area contributed by atoms with Crippen LogP contribution in [0, 0.1) is 17.0 Å². The quantitative estimate of drug-likeness (QED) is 0.633. The lowest BCUT2D eigenvalue weighted by molar-refractivity contribution is -0.384. The first-order chi connectivity index (χ1) is 11.6. The van der Waals surface area contributed by atoms with Gasteiger partial charge in [0.25, 0.3) is 0 Å². The molecule has 4 rings (SSSR count).